The number of carbonyl (C=O) groups excluding carboxylic acids is 3. The van der Waals surface area contributed by atoms with Crippen molar-refractivity contribution in [1.82, 2.24) is 0 Å². The molecular formula is C67H108O12. The Morgan fingerprint density at radius 1 is 0.430 bits per heavy atom. The first kappa shape index (κ1) is 72.4. The van der Waals surface area contributed by atoms with E-state index in [4.69, 9.17) is 23.7 Å². The average Bonchev–Trinajstić information content (AvgIpc) is 3.43. The number of hydrogen-bond donors (Lipinski definition) is 3. The Labute approximate surface area is 478 Å². The zero-order valence-electron chi connectivity index (χ0n) is 49.3. The second-order valence-corrected chi connectivity index (χ2v) is 20.6. The van der Waals surface area contributed by atoms with E-state index >= 15 is 0 Å². The largest absolute Gasteiger partial charge is 0.479 e. The molecule has 3 N–H and O–H groups in total. The standard InChI is InChI=1S/C67H108O12/c1-4-7-10-13-16-19-22-25-28-30-33-35-38-41-44-47-50-53-59(68)75-56-58(77-60(69)54-51-48-45-42-39-36-32-27-24-21-18-15-12-9-6-3)57-76-67-65(63(72)62(71)64(79-67)66(73)74)78-61(70)55-52-49-46-43-40-37-34-31-29-26-23-20-17-14-11-8-5-2/h8-9,11-12,17-18,20-21,26-27,29,32,34,37,39,42-43,46,58,62-65,67,71-72H,4-7,10,13-16,19,22-25,28,30-31,33,35-36,38,40-41,44-45,47-57H2,1-3H3,(H,73,74)/b11-8-,12-9-,20-17-,21-18-,29-26-,32-27-,37-34-,42-39-,46-43-. The molecular weight excluding hydrogens is 997 g/mol. The van der Waals surface area contributed by atoms with Crippen LogP contribution in [0.5, 0.6) is 0 Å². The van der Waals surface area contributed by atoms with Gasteiger partial charge in [0.05, 0.1) is 6.61 Å². The minimum absolute atomic E-state index is 0.0272. The van der Waals surface area contributed by atoms with Gasteiger partial charge in [-0.2, -0.15) is 0 Å². The van der Waals surface area contributed by atoms with Crippen molar-refractivity contribution in [1.29, 1.82) is 0 Å². The van der Waals surface area contributed by atoms with Crippen LogP contribution in [0.15, 0.2) is 109 Å². The number of unbranched alkanes of at least 4 members (excludes halogenated alkanes) is 19. The van der Waals surface area contributed by atoms with E-state index in [0.29, 0.717) is 25.7 Å². The molecule has 12 nitrogen and oxygen atoms in total. The van der Waals surface area contributed by atoms with E-state index in [9.17, 15) is 34.5 Å². The topological polar surface area (TPSA) is 175 Å². The van der Waals surface area contributed by atoms with Gasteiger partial charge in [0.25, 0.3) is 0 Å². The number of hydrogen-bond acceptors (Lipinski definition) is 11. The Kier molecular flexibility index (Phi) is 49.5. The molecule has 6 atom stereocenters. The van der Waals surface area contributed by atoms with E-state index in [2.05, 4.69) is 118 Å². The van der Waals surface area contributed by atoms with Crippen molar-refractivity contribution >= 4 is 23.9 Å². The van der Waals surface area contributed by atoms with Crippen molar-refractivity contribution in [2.75, 3.05) is 13.2 Å². The number of rotatable bonds is 51. The summed E-state index contributed by atoms with van der Waals surface area (Å²) in [6.07, 6.45) is 60.6. The predicted octanol–water partition coefficient (Wildman–Crippen LogP) is 16.2. The quantitative estimate of drug-likeness (QED) is 0.0228. The highest BCUT2D eigenvalue weighted by atomic mass is 16.7. The Morgan fingerprint density at radius 2 is 0.810 bits per heavy atom. The molecule has 0 aromatic rings. The summed E-state index contributed by atoms with van der Waals surface area (Å²) in [6.45, 7) is 5.72. The number of aliphatic hydroxyl groups excluding tert-OH is 2. The molecule has 0 aromatic carbocycles. The molecule has 1 heterocycles. The van der Waals surface area contributed by atoms with Gasteiger partial charge < -0.3 is 39.0 Å². The highest BCUT2D eigenvalue weighted by Crippen LogP contribution is 2.26. The van der Waals surface area contributed by atoms with Crippen LogP contribution in [-0.2, 0) is 42.9 Å². The maximum absolute atomic E-state index is 13.2. The molecule has 1 saturated heterocycles. The molecule has 448 valence electrons. The molecule has 1 aliphatic rings. The van der Waals surface area contributed by atoms with E-state index in [-0.39, 0.29) is 25.9 Å². The zero-order valence-corrected chi connectivity index (χ0v) is 49.3. The van der Waals surface area contributed by atoms with E-state index in [1.165, 1.54) is 83.5 Å². The number of ether oxygens (including phenoxy) is 5. The molecule has 0 amide bonds. The molecule has 1 fully saturated rings. The van der Waals surface area contributed by atoms with Crippen molar-refractivity contribution < 1.29 is 58.2 Å². The van der Waals surface area contributed by atoms with Gasteiger partial charge in [0.15, 0.2) is 24.6 Å². The minimum atomic E-state index is -1.93. The third kappa shape index (κ3) is 43.8. The first-order valence-corrected chi connectivity index (χ1v) is 30.9. The molecule has 1 rings (SSSR count). The van der Waals surface area contributed by atoms with Gasteiger partial charge in [-0.05, 0) is 96.3 Å². The van der Waals surface area contributed by atoms with Crippen molar-refractivity contribution in [3.8, 4) is 0 Å². The van der Waals surface area contributed by atoms with Crippen LogP contribution in [0.1, 0.15) is 239 Å². The maximum atomic E-state index is 13.2. The second kappa shape index (κ2) is 54.0. The van der Waals surface area contributed by atoms with Crippen LogP contribution in [0.4, 0.5) is 0 Å². The van der Waals surface area contributed by atoms with Crippen molar-refractivity contribution in [3.63, 3.8) is 0 Å². The summed E-state index contributed by atoms with van der Waals surface area (Å²) in [5.74, 6) is -3.26. The van der Waals surface area contributed by atoms with Gasteiger partial charge in [-0.15, -0.1) is 0 Å². The van der Waals surface area contributed by atoms with Crippen LogP contribution in [-0.4, -0.2) is 89.2 Å². The van der Waals surface area contributed by atoms with Gasteiger partial charge in [0, 0.05) is 19.3 Å². The summed E-state index contributed by atoms with van der Waals surface area (Å²) in [5.41, 5.74) is 0. The van der Waals surface area contributed by atoms with Gasteiger partial charge in [0.1, 0.15) is 18.8 Å². The lowest BCUT2D eigenvalue weighted by molar-refractivity contribution is -0.301. The Bertz CT molecular complexity index is 1790. The number of carboxylic acids is 1. The number of carboxylic acid groups (broad SMARTS) is 1. The molecule has 0 saturated carbocycles. The fourth-order valence-electron chi connectivity index (χ4n) is 8.69. The van der Waals surface area contributed by atoms with E-state index in [1.54, 1.807) is 0 Å². The molecule has 12 heteroatoms. The van der Waals surface area contributed by atoms with Gasteiger partial charge in [-0.25, -0.2) is 4.79 Å². The summed E-state index contributed by atoms with van der Waals surface area (Å²) >= 11 is 0. The maximum Gasteiger partial charge on any atom is 0.335 e. The summed E-state index contributed by atoms with van der Waals surface area (Å²) in [6, 6.07) is 0. The fourth-order valence-corrected chi connectivity index (χ4v) is 8.69. The summed E-state index contributed by atoms with van der Waals surface area (Å²) in [7, 11) is 0. The van der Waals surface area contributed by atoms with Crippen molar-refractivity contribution in [2.45, 2.75) is 276 Å². The second-order valence-electron chi connectivity index (χ2n) is 20.6. The summed E-state index contributed by atoms with van der Waals surface area (Å²) in [5, 5.41) is 31.5. The van der Waals surface area contributed by atoms with Crippen LogP contribution < -0.4 is 0 Å². The fraction of sp³-hybridized carbons (Fsp3) is 0.672. The lowest BCUT2D eigenvalue weighted by atomic mass is 9.98. The molecule has 1 aliphatic heterocycles. The highest BCUT2D eigenvalue weighted by molar-refractivity contribution is 5.74. The molecule has 0 aliphatic carbocycles. The van der Waals surface area contributed by atoms with Gasteiger partial charge in [0.2, 0.25) is 0 Å². The smallest absolute Gasteiger partial charge is 0.335 e. The number of esters is 3. The van der Waals surface area contributed by atoms with Crippen molar-refractivity contribution in [3.05, 3.63) is 109 Å². The van der Waals surface area contributed by atoms with E-state index in [1.807, 2.05) is 12.2 Å². The molecule has 0 bridgehead atoms. The predicted molar refractivity (Wildman–Crippen MR) is 321 cm³/mol. The first-order chi connectivity index (χ1) is 38.6. The highest BCUT2D eigenvalue weighted by Gasteiger charge is 2.50. The third-order valence-electron chi connectivity index (χ3n) is 13.3. The summed E-state index contributed by atoms with van der Waals surface area (Å²) < 4.78 is 28.4. The van der Waals surface area contributed by atoms with Crippen LogP contribution in [0.2, 0.25) is 0 Å². The lowest BCUT2D eigenvalue weighted by Crippen LogP contribution is -2.61. The lowest BCUT2D eigenvalue weighted by Gasteiger charge is -2.40. The molecule has 0 aromatic heterocycles. The number of carbonyl (C=O) groups is 4. The van der Waals surface area contributed by atoms with Crippen LogP contribution >= 0.6 is 0 Å². The van der Waals surface area contributed by atoms with Gasteiger partial charge in [-0.1, -0.05) is 233 Å². The van der Waals surface area contributed by atoms with E-state index in [0.717, 1.165) is 89.9 Å². The number of aliphatic hydroxyl groups is 2. The minimum Gasteiger partial charge on any atom is -0.479 e. The Morgan fingerprint density at radius 3 is 1.25 bits per heavy atom. The van der Waals surface area contributed by atoms with Gasteiger partial charge in [-0.3, -0.25) is 14.4 Å². The molecule has 0 spiro atoms. The van der Waals surface area contributed by atoms with Gasteiger partial charge >= 0.3 is 23.9 Å². The summed E-state index contributed by atoms with van der Waals surface area (Å²) in [4.78, 5) is 51.2. The molecule has 0 radical (unpaired) electrons. The van der Waals surface area contributed by atoms with Crippen LogP contribution in [0.3, 0.4) is 0 Å². The van der Waals surface area contributed by atoms with Crippen LogP contribution in [0, 0.1) is 0 Å². The zero-order chi connectivity index (χ0) is 57.5. The number of aliphatic carboxylic acids is 1. The van der Waals surface area contributed by atoms with E-state index < -0.39 is 67.3 Å². The average molecular weight is 1110 g/mol. The Hall–Kier alpha value is -4.62. The van der Waals surface area contributed by atoms with Crippen molar-refractivity contribution in [2.24, 2.45) is 0 Å². The third-order valence-corrected chi connectivity index (χ3v) is 13.3. The molecule has 79 heavy (non-hydrogen) atoms. The monoisotopic (exact) mass is 1100 g/mol. The SMILES string of the molecule is CC/C=C\C/C=C\C/C=C\C/C=C\C/C=C\CCCC(=O)OC1C(OCC(COC(=O)CCCCCCCCCCCCCCCCCCC)OC(=O)CCCC/C=C\C/C=C\C/C=C\C/C=C\CC)OC(C(=O)O)C(O)C1O. The molecule has 6 unspecified atom stereocenters. The normalized spacial score (nSPS) is 18.6. The first-order valence-electron chi connectivity index (χ1n) is 30.9. The van der Waals surface area contributed by atoms with Crippen LogP contribution in [0.25, 0.3) is 0 Å². The number of allylic oxidation sites excluding steroid dienone is 18. The Balaban J connectivity index is 2.74.